The summed E-state index contributed by atoms with van der Waals surface area (Å²) in [5.74, 6) is -0.715. The summed E-state index contributed by atoms with van der Waals surface area (Å²) < 4.78 is 36.7. The molecule has 0 unspecified atom stereocenters. The molecule has 0 N–H and O–H groups in total. The van der Waals surface area contributed by atoms with Crippen molar-refractivity contribution in [1.82, 2.24) is 14.8 Å². The SMILES string of the molecule is Cc1nnc(C(F)(F)F)n1C. The fourth-order valence-electron chi connectivity index (χ4n) is 0.654. The Kier molecular flexibility index (Phi) is 1.62. The van der Waals surface area contributed by atoms with Gasteiger partial charge in [-0.25, -0.2) is 0 Å². The van der Waals surface area contributed by atoms with Crippen LogP contribution in [0.2, 0.25) is 0 Å². The molecule has 1 aromatic rings. The zero-order valence-corrected chi connectivity index (χ0v) is 5.98. The first-order valence-electron chi connectivity index (χ1n) is 2.86. The van der Waals surface area contributed by atoms with E-state index in [-0.39, 0.29) is 5.82 Å². The molecule has 0 saturated heterocycles. The first-order valence-corrected chi connectivity index (χ1v) is 2.86. The zero-order valence-electron chi connectivity index (χ0n) is 5.98. The first kappa shape index (κ1) is 8.03. The molecule has 0 aromatic carbocycles. The van der Waals surface area contributed by atoms with Crippen molar-refractivity contribution in [2.24, 2.45) is 7.05 Å². The molecule has 1 rings (SSSR count). The highest BCUT2D eigenvalue weighted by atomic mass is 19.4. The van der Waals surface area contributed by atoms with Crippen molar-refractivity contribution >= 4 is 0 Å². The summed E-state index contributed by atoms with van der Waals surface area (Å²) >= 11 is 0. The average Bonchev–Trinajstić information content (AvgIpc) is 2.11. The lowest BCUT2D eigenvalue weighted by Crippen LogP contribution is -2.13. The zero-order chi connectivity index (χ0) is 8.65. The number of rotatable bonds is 0. The third-order valence-corrected chi connectivity index (χ3v) is 1.35. The highest BCUT2D eigenvalue weighted by Crippen LogP contribution is 2.26. The first-order chi connectivity index (χ1) is 4.93. The second kappa shape index (κ2) is 2.21. The maximum Gasteiger partial charge on any atom is 0.451 e. The Morgan fingerprint density at radius 1 is 1.27 bits per heavy atom. The van der Waals surface area contributed by atoms with Gasteiger partial charge in [0.25, 0.3) is 0 Å². The van der Waals surface area contributed by atoms with Crippen molar-refractivity contribution in [2.45, 2.75) is 13.1 Å². The van der Waals surface area contributed by atoms with Crippen LogP contribution in [0.3, 0.4) is 0 Å². The third kappa shape index (κ3) is 1.33. The van der Waals surface area contributed by atoms with Crippen molar-refractivity contribution in [3.8, 4) is 0 Å². The molecule has 11 heavy (non-hydrogen) atoms. The van der Waals surface area contributed by atoms with E-state index in [9.17, 15) is 13.2 Å². The number of aromatic nitrogens is 3. The van der Waals surface area contributed by atoms with Crippen LogP contribution in [-0.4, -0.2) is 14.8 Å². The van der Waals surface area contributed by atoms with E-state index in [1.807, 2.05) is 0 Å². The monoisotopic (exact) mass is 165 g/mol. The number of hydrogen-bond acceptors (Lipinski definition) is 2. The van der Waals surface area contributed by atoms with Crippen LogP contribution < -0.4 is 0 Å². The molecule has 0 atom stereocenters. The van der Waals surface area contributed by atoms with Gasteiger partial charge in [-0.1, -0.05) is 0 Å². The summed E-state index contributed by atoms with van der Waals surface area (Å²) in [6.07, 6.45) is -4.41. The van der Waals surface area contributed by atoms with Crippen LogP contribution in [0.25, 0.3) is 0 Å². The Morgan fingerprint density at radius 2 is 1.82 bits per heavy atom. The molecule has 3 nitrogen and oxygen atoms in total. The van der Waals surface area contributed by atoms with Crippen LogP contribution >= 0.6 is 0 Å². The standard InChI is InChI=1S/C5H6F3N3/c1-3-9-10-4(11(3)2)5(6,7)8/h1-2H3. The van der Waals surface area contributed by atoms with Gasteiger partial charge in [0.2, 0.25) is 5.82 Å². The van der Waals surface area contributed by atoms with Crippen molar-refractivity contribution < 1.29 is 13.2 Å². The Bertz CT molecular complexity index is 262. The molecule has 0 spiro atoms. The fourth-order valence-corrected chi connectivity index (χ4v) is 0.654. The molecule has 0 fully saturated rings. The van der Waals surface area contributed by atoms with Crippen LogP contribution in [0.15, 0.2) is 0 Å². The normalized spacial score (nSPS) is 12.1. The van der Waals surface area contributed by atoms with Crippen LogP contribution in [0.4, 0.5) is 13.2 Å². The van der Waals surface area contributed by atoms with E-state index >= 15 is 0 Å². The van der Waals surface area contributed by atoms with Gasteiger partial charge < -0.3 is 4.57 Å². The summed E-state index contributed by atoms with van der Waals surface area (Å²) in [7, 11) is 1.28. The number of halogens is 3. The molecule has 0 saturated carbocycles. The molecule has 0 bridgehead atoms. The Labute approximate surface area is 60.8 Å². The Balaban J connectivity index is 3.15. The van der Waals surface area contributed by atoms with Gasteiger partial charge in [0, 0.05) is 7.05 Å². The molecule has 1 heterocycles. The average molecular weight is 165 g/mol. The van der Waals surface area contributed by atoms with Crippen molar-refractivity contribution in [1.29, 1.82) is 0 Å². The number of hydrogen-bond donors (Lipinski definition) is 0. The summed E-state index contributed by atoms with van der Waals surface area (Å²) in [6.45, 7) is 1.46. The van der Waals surface area contributed by atoms with E-state index in [1.165, 1.54) is 14.0 Å². The minimum atomic E-state index is -4.41. The predicted octanol–water partition coefficient (Wildman–Crippen LogP) is 1.14. The van der Waals surface area contributed by atoms with Crippen LogP contribution in [0.1, 0.15) is 11.6 Å². The Morgan fingerprint density at radius 3 is 2.00 bits per heavy atom. The number of alkyl halides is 3. The van der Waals surface area contributed by atoms with Crippen molar-refractivity contribution in [3.63, 3.8) is 0 Å². The molecule has 0 radical (unpaired) electrons. The minimum absolute atomic E-state index is 0.248. The van der Waals surface area contributed by atoms with Gasteiger partial charge in [0.15, 0.2) is 0 Å². The molecule has 6 heteroatoms. The quantitative estimate of drug-likeness (QED) is 0.577. The summed E-state index contributed by atoms with van der Waals surface area (Å²) in [5, 5.41) is 6.25. The van der Waals surface area contributed by atoms with Gasteiger partial charge in [0.05, 0.1) is 0 Å². The smallest absolute Gasteiger partial charge is 0.311 e. The van der Waals surface area contributed by atoms with Gasteiger partial charge in [-0.2, -0.15) is 13.2 Å². The number of aryl methyl sites for hydroxylation is 1. The second-order valence-corrected chi connectivity index (χ2v) is 2.13. The van der Waals surface area contributed by atoms with Gasteiger partial charge in [-0.05, 0) is 6.92 Å². The largest absolute Gasteiger partial charge is 0.451 e. The summed E-state index contributed by atoms with van der Waals surface area (Å²) in [6, 6.07) is 0. The number of nitrogens with zero attached hydrogens (tertiary/aromatic N) is 3. The van der Waals surface area contributed by atoms with Crippen LogP contribution in [0, 0.1) is 6.92 Å². The summed E-state index contributed by atoms with van der Waals surface area (Å²) in [4.78, 5) is 0. The molecular weight excluding hydrogens is 159 g/mol. The van der Waals surface area contributed by atoms with E-state index in [0.717, 1.165) is 4.57 Å². The van der Waals surface area contributed by atoms with E-state index in [1.54, 1.807) is 0 Å². The minimum Gasteiger partial charge on any atom is -0.311 e. The van der Waals surface area contributed by atoms with Crippen LogP contribution in [-0.2, 0) is 13.2 Å². The summed E-state index contributed by atoms with van der Waals surface area (Å²) in [5.41, 5.74) is 0. The van der Waals surface area contributed by atoms with E-state index in [2.05, 4.69) is 10.2 Å². The van der Waals surface area contributed by atoms with E-state index in [0.29, 0.717) is 0 Å². The maximum atomic E-state index is 11.9. The second-order valence-electron chi connectivity index (χ2n) is 2.13. The fraction of sp³-hybridized carbons (Fsp3) is 0.600. The van der Waals surface area contributed by atoms with Gasteiger partial charge >= 0.3 is 6.18 Å². The Hall–Kier alpha value is -1.07. The van der Waals surface area contributed by atoms with Gasteiger partial charge in [-0.3, -0.25) is 0 Å². The van der Waals surface area contributed by atoms with Crippen LogP contribution in [0.5, 0.6) is 0 Å². The van der Waals surface area contributed by atoms with Gasteiger partial charge in [-0.15, -0.1) is 10.2 Å². The molecule has 0 aliphatic rings. The molecule has 1 aromatic heterocycles. The molecule has 0 amide bonds. The maximum absolute atomic E-state index is 11.9. The highest BCUT2D eigenvalue weighted by Gasteiger charge is 2.36. The molecule has 62 valence electrons. The lowest BCUT2D eigenvalue weighted by atomic mass is 10.6. The highest BCUT2D eigenvalue weighted by molar-refractivity contribution is 4.96. The van der Waals surface area contributed by atoms with E-state index in [4.69, 9.17) is 0 Å². The lowest BCUT2D eigenvalue weighted by molar-refractivity contribution is -0.147. The third-order valence-electron chi connectivity index (χ3n) is 1.35. The van der Waals surface area contributed by atoms with Gasteiger partial charge in [0.1, 0.15) is 5.82 Å². The topological polar surface area (TPSA) is 30.7 Å². The molecule has 0 aliphatic heterocycles. The predicted molar refractivity (Wildman–Crippen MR) is 30.7 cm³/mol. The van der Waals surface area contributed by atoms with Crippen molar-refractivity contribution in [2.75, 3.05) is 0 Å². The lowest BCUT2D eigenvalue weighted by Gasteiger charge is -2.03. The van der Waals surface area contributed by atoms with E-state index < -0.39 is 12.0 Å². The van der Waals surface area contributed by atoms with Crippen molar-refractivity contribution in [3.05, 3.63) is 11.6 Å². The molecular formula is C5H6F3N3. The molecule has 0 aliphatic carbocycles.